The monoisotopic (exact) mass is 712 g/mol. The lowest BCUT2D eigenvalue weighted by Gasteiger charge is -2.46. The first kappa shape index (κ1) is 34.1. The number of aromatic nitrogens is 3. The normalized spacial score (nSPS) is 18.1. The van der Waals surface area contributed by atoms with Crippen molar-refractivity contribution in [3.05, 3.63) is 131 Å². The van der Waals surface area contributed by atoms with Gasteiger partial charge in [-0.1, -0.05) is 91.3 Å². The highest BCUT2D eigenvalue weighted by Crippen LogP contribution is 2.39. The van der Waals surface area contributed by atoms with Gasteiger partial charge in [-0.2, -0.15) is 10.1 Å². The third kappa shape index (κ3) is 7.31. The number of nitrogens with zero attached hydrogens (tertiary/aromatic N) is 6. The van der Waals surface area contributed by atoms with Crippen molar-refractivity contribution in [3.8, 4) is 23.0 Å². The van der Waals surface area contributed by atoms with Gasteiger partial charge in [0.15, 0.2) is 0 Å². The van der Waals surface area contributed by atoms with E-state index >= 15 is 0 Å². The molecule has 4 aromatic carbocycles. The zero-order chi connectivity index (χ0) is 35.4. The van der Waals surface area contributed by atoms with Gasteiger partial charge in [-0.3, -0.25) is 9.58 Å². The molecule has 0 amide bonds. The molecule has 8 rings (SSSR count). The van der Waals surface area contributed by atoms with Gasteiger partial charge >= 0.3 is 0 Å². The van der Waals surface area contributed by atoms with Crippen LogP contribution in [0.2, 0.25) is 5.02 Å². The first-order chi connectivity index (χ1) is 25.5. The van der Waals surface area contributed by atoms with Crippen molar-refractivity contribution in [1.82, 2.24) is 19.7 Å². The SMILES string of the molecule is C[C@@H]1CN(c2ccc(Cl)cc2)CCC1N1CCN(c2cccc3c(-c4ccc(OCc5ccccc5)nc4OCc4ccccc4)nn(C)c23)CC1. The second-order valence-corrected chi connectivity index (χ2v) is 14.4. The molecule has 6 aromatic rings. The molecular weight excluding hydrogens is 668 g/mol. The van der Waals surface area contributed by atoms with Crippen LogP contribution in [0.5, 0.6) is 11.8 Å². The van der Waals surface area contributed by atoms with Gasteiger partial charge in [0.25, 0.3) is 0 Å². The molecule has 1 unspecified atom stereocenters. The molecule has 0 saturated carbocycles. The molecule has 8 nitrogen and oxygen atoms in total. The summed E-state index contributed by atoms with van der Waals surface area (Å²) in [5.41, 5.74) is 7.44. The van der Waals surface area contributed by atoms with E-state index in [1.807, 2.05) is 84.5 Å². The van der Waals surface area contributed by atoms with E-state index in [-0.39, 0.29) is 0 Å². The number of anilines is 2. The highest BCUT2D eigenvalue weighted by Gasteiger charge is 2.33. The second kappa shape index (κ2) is 15.3. The predicted molar refractivity (Wildman–Crippen MR) is 211 cm³/mol. The molecule has 2 aliphatic heterocycles. The molecule has 2 fully saturated rings. The van der Waals surface area contributed by atoms with Crippen LogP contribution in [0.15, 0.2) is 115 Å². The first-order valence-electron chi connectivity index (χ1n) is 18.3. The van der Waals surface area contributed by atoms with Crippen LogP contribution in [0, 0.1) is 5.92 Å². The van der Waals surface area contributed by atoms with Crippen molar-refractivity contribution in [2.24, 2.45) is 13.0 Å². The van der Waals surface area contributed by atoms with Crippen molar-refractivity contribution in [2.75, 3.05) is 49.1 Å². The molecule has 2 aromatic heterocycles. The maximum Gasteiger partial charge on any atom is 0.226 e. The van der Waals surface area contributed by atoms with Crippen LogP contribution in [0.25, 0.3) is 22.2 Å². The zero-order valence-corrected chi connectivity index (χ0v) is 30.6. The number of ether oxygens (including phenoxy) is 2. The molecule has 9 heteroatoms. The van der Waals surface area contributed by atoms with Gasteiger partial charge < -0.3 is 19.3 Å². The lowest BCUT2D eigenvalue weighted by atomic mass is 9.91. The summed E-state index contributed by atoms with van der Waals surface area (Å²) in [4.78, 5) is 12.6. The van der Waals surface area contributed by atoms with Crippen LogP contribution in [0.1, 0.15) is 24.5 Å². The van der Waals surface area contributed by atoms with Gasteiger partial charge in [-0.25, -0.2) is 0 Å². The molecule has 2 atom stereocenters. The topological polar surface area (TPSA) is 58.9 Å². The fraction of sp³-hybridized carbons (Fsp3) is 0.302. The Bertz CT molecular complexity index is 2100. The molecule has 0 bridgehead atoms. The van der Waals surface area contributed by atoms with Crippen molar-refractivity contribution < 1.29 is 9.47 Å². The van der Waals surface area contributed by atoms with E-state index < -0.39 is 0 Å². The lowest BCUT2D eigenvalue weighted by Crippen LogP contribution is -2.56. The van der Waals surface area contributed by atoms with E-state index in [9.17, 15) is 0 Å². The average Bonchev–Trinajstić information content (AvgIpc) is 3.53. The molecule has 0 aliphatic carbocycles. The average molecular weight is 713 g/mol. The zero-order valence-electron chi connectivity index (χ0n) is 29.9. The molecule has 0 spiro atoms. The van der Waals surface area contributed by atoms with Gasteiger partial charge in [0.1, 0.15) is 18.9 Å². The molecule has 4 heterocycles. The Morgan fingerprint density at radius 2 is 1.40 bits per heavy atom. The minimum Gasteiger partial charge on any atom is -0.473 e. The molecular formula is C43H45ClN6O2. The van der Waals surface area contributed by atoms with Crippen molar-refractivity contribution in [2.45, 2.75) is 32.6 Å². The van der Waals surface area contributed by atoms with Gasteiger partial charge in [0.05, 0.1) is 16.8 Å². The van der Waals surface area contributed by atoms with Crippen LogP contribution in [0.3, 0.4) is 0 Å². The number of fused-ring (bicyclic) bond motifs is 1. The minimum absolute atomic E-state index is 0.391. The van der Waals surface area contributed by atoms with Gasteiger partial charge in [-0.15, -0.1) is 0 Å². The number of hydrogen-bond acceptors (Lipinski definition) is 7. The van der Waals surface area contributed by atoms with E-state index in [2.05, 4.69) is 64.1 Å². The molecule has 0 N–H and O–H groups in total. The molecule has 0 radical (unpaired) electrons. The van der Waals surface area contributed by atoms with E-state index in [4.69, 9.17) is 31.2 Å². The third-order valence-electron chi connectivity index (χ3n) is 10.6. The quantitative estimate of drug-likeness (QED) is 0.141. The Morgan fingerprint density at radius 1 is 0.712 bits per heavy atom. The summed E-state index contributed by atoms with van der Waals surface area (Å²) in [6.07, 6.45) is 1.17. The van der Waals surface area contributed by atoms with Crippen LogP contribution in [-0.4, -0.2) is 65.0 Å². The summed E-state index contributed by atoms with van der Waals surface area (Å²) in [6, 6.07) is 39.6. The Kier molecular flexibility index (Phi) is 10.0. The predicted octanol–water partition coefficient (Wildman–Crippen LogP) is 8.48. The maximum atomic E-state index is 6.42. The van der Waals surface area contributed by atoms with Crippen molar-refractivity contribution in [1.29, 1.82) is 0 Å². The van der Waals surface area contributed by atoms with E-state index in [1.54, 1.807) is 0 Å². The van der Waals surface area contributed by atoms with Crippen LogP contribution in [-0.2, 0) is 20.3 Å². The summed E-state index contributed by atoms with van der Waals surface area (Å²) in [5, 5.41) is 6.96. The first-order valence-corrected chi connectivity index (χ1v) is 18.7. The third-order valence-corrected chi connectivity index (χ3v) is 10.8. The molecule has 2 aliphatic rings. The van der Waals surface area contributed by atoms with Gasteiger partial charge in [0.2, 0.25) is 11.8 Å². The minimum atomic E-state index is 0.391. The summed E-state index contributed by atoms with van der Waals surface area (Å²) >= 11 is 6.15. The van der Waals surface area contributed by atoms with Crippen molar-refractivity contribution >= 4 is 33.9 Å². The smallest absolute Gasteiger partial charge is 0.226 e. The summed E-state index contributed by atoms with van der Waals surface area (Å²) in [5.74, 6) is 1.60. The number of piperidine rings is 1. The number of aryl methyl sites for hydroxylation is 1. The second-order valence-electron chi connectivity index (χ2n) is 14.0. The number of para-hydroxylation sites is 1. The van der Waals surface area contributed by atoms with Gasteiger partial charge in [0, 0.05) is 74.5 Å². The highest BCUT2D eigenvalue weighted by molar-refractivity contribution is 6.30. The Morgan fingerprint density at radius 3 is 2.10 bits per heavy atom. The van der Waals surface area contributed by atoms with Crippen LogP contribution in [0.4, 0.5) is 11.4 Å². The van der Waals surface area contributed by atoms with Gasteiger partial charge in [-0.05, 0) is 59.9 Å². The van der Waals surface area contributed by atoms with Crippen LogP contribution >= 0.6 is 11.6 Å². The molecule has 2 saturated heterocycles. The largest absolute Gasteiger partial charge is 0.473 e. The lowest BCUT2D eigenvalue weighted by molar-refractivity contribution is 0.121. The maximum absolute atomic E-state index is 6.42. The van der Waals surface area contributed by atoms with E-state index in [0.29, 0.717) is 36.9 Å². The standard InChI is InChI=1S/C43H45ClN6O2/c1-31-28-50(35-18-16-34(44)17-19-35)23-22-38(31)48-24-26-49(27-25-48)39-15-9-14-36-41(46-47(2)42(36)39)37-20-21-40(51-29-32-10-5-3-6-11-32)45-43(37)52-30-33-12-7-4-8-13-33/h3-21,31,38H,22-30H2,1-2H3/t31-,38?/m1/s1. The van der Waals surface area contributed by atoms with E-state index in [1.165, 1.54) is 17.8 Å². The highest BCUT2D eigenvalue weighted by atomic mass is 35.5. The summed E-state index contributed by atoms with van der Waals surface area (Å²) < 4.78 is 14.6. The summed E-state index contributed by atoms with van der Waals surface area (Å²) in [6.45, 7) is 9.40. The molecule has 266 valence electrons. The number of hydrogen-bond donors (Lipinski definition) is 0. The van der Waals surface area contributed by atoms with E-state index in [0.717, 1.165) is 77.6 Å². The number of piperazine rings is 1. The number of pyridine rings is 1. The molecule has 52 heavy (non-hydrogen) atoms. The summed E-state index contributed by atoms with van der Waals surface area (Å²) in [7, 11) is 2.04. The Hall–Kier alpha value is -5.05. The number of rotatable bonds is 10. The fourth-order valence-electron chi connectivity index (χ4n) is 7.88. The Balaban J connectivity index is 1.00. The fourth-order valence-corrected chi connectivity index (χ4v) is 8.00. The number of benzene rings is 4. The van der Waals surface area contributed by atoms with Crippen LogP contribution < -0.4 is 19.3 Å². The number of halogens is 1. The Labute approximate surface area is 311 Å². The van der Waals surface area contributed by atoms with Crippen molar-refractivity contribution in [3.63, 3.8) is 0 Å².